The molecule has 0 spiro atoms. The van der Waals surface area contributed by atoms with Gasteiger partial charge in [-0.1, -0.05) is 11.3 Å². The third kappa shape index (κ3) is 3.09. The molecule has 0 atom stereocenters. The largest absolute Gasteiger partial charge is 0.347 e. The second kappa shape index (κ2) is 6.56. The summed E-state index contributed by atoms with van der Waals surface area (Å²) in [7, 11) is 0. The van der Waals surface area contributed by atoms with Gasteiger partial charge in [0.1, 0.15) is 0 Å². The maximum atomic E-state index is 12.3. The lowest BCUT2D eigenvalue weighted by Gasteiger charge is -2.19. The zero-order chi connectivity index (χ0) is 17.3. The second-order valence-corrected chi connectivity index (χ2v) is 6.86. The number of nitrogens with one attached hydrogen (secondary N) is 2. The van der Waals surface area contributed by atoms with Gasteiger partial charge < -0.3 is 10.3 Å². The fourth-order valence-corrected chi connectivity index (χ4v) is 3.78. The smallest absolute Gasteiger partial charge is 0.324 e. The number of hydrogen-bond donors (Lipinski definition) is 2. The summed E-state index contributed by atoms with van der Waals surface area (Å²) in [6, 6.07) is 2.72. The van der Waals surface area contributed by atoms with Gasteiger partial charge in [-0.25, -0.2) is 0 Å². The number of carbonyl (C=O) groups is 1. The van der Waals surface area contributed by atoms with Crippen molar-refractivity contribution in [2.75, 3.05) is 0 Å². The van der Waals surface area contributed by atoms with E-state index in [2.05, 4.69) is 10.3 Å². The Bertz CT molecular complexity index is 869. The minimum absolute atomic E-state index is 0.0806. The van der Waals surface area contributed by atoms with E-state index >= 15 is 0 Å². The maximum Gasteiger partial charge on any atom is 0.324 e. The van der Waals surface area contributed by atoms with Crippen molar-refractivity contribution >= 4 is 22.2 Å². The highest BCUT2D eigenvalue weighted by molar-refractivity contribution is 7.17. The van der Waals surface area contributed by atoms with E-state index in [1.165, 1.54) is 17.7 Å². The predicted octanol–water partition coefficient (Wildman–Crippen LogP) is 2.46. The number of hydrogen-bond acceptors (Lipinski definition) is 5. The Kier molecular flexibility index (Phi) is 4.48. The van der Waals surface area contributed by atoms with Gasteiger partial charge in [0, 0.05) is 23.9 Å². The summed E-state index contributed by atoms with van der Waals surface area (Å²) in [5.74, 6) is -0.412. The lowest BCUT2D eigenvalue weighted by molar-refractivity contribution is -0.380. The number of amides is 1. The van der Waals surface area contributed by atoms with Gasteiger partial charge in [-0.3, -0.25) is 19.7 Å². The van der Waals surface area contributed by atoms with Crippen molar-refractivity contribution < 1.29 is 9.72 Å². The van der Waals surface area contributed by atoms with E-state index in [1.54, 1.807) is 0 Å². The average molecular weight is 347 g/mol. The lowest BCUT2D eigenvalue weighted by atomic mass is 9.90. The second-order valence-electron chi connectivity index (χ2n) is 5.80. The molecule has 2 heterocycles. The van der Waals surface area contributed by atoms with Gasteiger partial charge in [-0.05, 0) is 49.8 Å². The molecule has 0 saturated carbocycles. The summed E-state index contributed by atoms with van der Waals surface area (Å²) < 4.78 is 0. The Hall–Kier alpha value is -2.48. The summed E-state index contributed by atoms with van der Waals surface area (Å²) >= 11 is 0.818. The van der Waals surface area contributed by atoms with Crippen molar-refractivity contribution in [1.29, 1.82) is 0 Å². The quantitative estimate of drug-likeness (QED) is 0.654. The van der Waals surface area contributed by atoms with Crippen molar-refractivity contribution in [3.05, 3.63) is 59.9 Å². The summed E-state index contributed by atoms with van der Waals surface area (Å²) in [5.41, 5.74) is 3.50. The molecule has 8 heteroatoms. The SMILES string of the molecule is Cc1c2c([nH]c(=O)c1CNC(=O)c1ccc([N+](=O)[O-])s1)CCCC2. The number of aryl methyl sites for hydroxylation is 1. The number of aromatic nitrogens is 1. The maximum absolute atomic E-state index is 12.3. The number of H-pyrrole nitrogens is 1. The van der Waals surface area contributed by atoms with Gasteiger partial charge in [0.05, 0.1) is 9.80 Å². The molecule has 1 aliphatic carbocycles. The van der Waals surface area contributed by atoms with Crippen LogP contribution in [-0.2, 0) is 19.4 Å². The summed E-state index contributed by atoms with van der Waals surface area (Å²) in [6.45, 7) is 2.02. The van der Waals surface area contributed by atoms with Crippen LogP contribution in [-0.4, -0.2) is 15.8 Å². The minimum atomic E-state index is -0.528. The first-order valence-corrected chi connectivity index (χ1v) is 8.55. The van der Waals surface area contributed by atoms with E-state index in [-0.39, 0.29) is 22.0 Å². The van der Waals surface area contributed by atoms with Crippen LogP contribution in [0.1, 0.15) is 44.9 Å². The van der Waals surface area contributed by atoms with Crippen LogP contribution in [0.3, 0.4) is 0 Å². The number of thiophene rings is 1. The van der Waals surface area contributed by atoms with Gasteiger partial charge >= 0.3 is 5.00 Å². The van der Waals surface area contributed by atoms with Crippen molar-refractivity contribution in [2.45, 2.75) is 39.2 Å². The average Bonchev–Trinajstić information content (AvgIpc) is 3.05. The van der Waals surface area contributed by atoms with Crippen LogP contribution in [0.25, 0.3) is 0 Å². The molecule has 7 nitrogen and oxygen atoms in total. The number of fused-ring (bicyclic) bond motifs is 1. The highest BCUT2D eigenvalue weighted by Crippen LogP contribution is 2.25. The summed E-state index contributed by atoms with van der Waals surface area (Å²) in [4.78, 5) is 37.7. The Labute approximate surface area is 141 Å². The van der Waals surface area contributed by atoms with Crippen molar-refractivity contribution in [2.24, 2.45) is 0 Å². The van der Waals surface area contributed by atoms with E-state index in [0.29, 0.717) is 5.56 Å². The molecular weight excluding hydrogens is 330 g/mol. The molecule has 2 N–H and O–H groups in total. The number of pyridine rings is 1. The molecule has 1 aliphatic rings. The van der Waals surface area contributed by atoms with E-state index in [1.807, 2.05) is 6.92 Å². The molecule has 0 unspecified atom stereocenters. The third-order valence-electron chi connectivity index (χ3n) is 4.33. The first kappa shape index (κ1) is 16.4. The number of carbonyl (C=O) groups excluding carboxylic acids is 1. The van der Waals surface area contributed by atoms with Crippen LogP contribution in [0.15, 0.2) is 16.9 Å². The zero-order valence-electron chi connectivity index (χ0n) is 13.2. The molecule has 2 aromatic heterocycles. The van der Waals surface area contributed by atoms with Crippen LogP contribution in [0.2, 0.25) is 0 Å². The highest BCUT2D eigenvalue weighted by atomic mass is 32.1. The van der Waals surface area contributed by atoms with Crippen molar-refractivity contribution in [1.82, 2.24) is 10.3 Å². The van der Waals surface area contributed by atoms with Crippen LogP contribution in [0.4, 0.5) is 5.00 Å². The van der Waals surface area contributed by atoms with Crippen LogP contribution in [0, 0.1) is 17.0 Å². The van der Waals surface area contributed by atoms with Gasteiger partial charge in [0.25, 0.3) is 11.5 Å². The van der Waals surface area contributed by atoms with Gasteiger partial charge in [-0.15, -0.1) is 0 Å². The Morgan fingerprint density at radius 2 is 2.12 bits per heavy atom. The Morgan fingerprint density at radius 1 is 1.38 bits per heavy atom. The number of rotatable bonds is 4. The molecule has 126 valence electrons. The lowest BCUT2D eigenvalue weighted by Crippen LogP contribution is -2.29. The highest BCUT2D eigenvalue weighted by Gasteiger charge is 2.19. The molecule has 2 aromatic rings. The summed E-state index contributed by atoms with van der Waals surface area (Å²) in [6.07, 6.45) is 4.01. The van der Waals surface area contributed by atoms with Crippen LogP contribution in [0.5, 0.6) is 0 Å². The monoisotopic (exact) mass is 347 g/mol. The molecule has 0 aliphatic heterocycles. The number of nitro groups is 1. The van der Waals surface area contributed by atoms with Gasteiger partial charge in [0.15, 0.2) is 0 Å². The molecular formula is C16H17N3O4S. The molecule has 0 bridgehead atoms. The van der Waals surface area contributed by atoms with E-state index in [4.69, 9.17) is 0 Å². The predicted molar refractivity (Wildman–Crippen MR) is 90.6 cm³/mol. The van der Waals surface area contributed by atoms with Crippen LogP contribution >= 0.6 is 11.3 Å². The fourth-order valence-electron chi connectivity index (χ4n) is 3.04. The van der Waals surface area contributed by atoms with E-state index < -0.39 is 10.8 Å². The molecule has 0 radical (unpaired) electrons. The number of nitrogens with zero attached hydrogens (tertiary/aromatic N) is 1. The topological polar surface area (TPSA) is 105 Å². The first-order valence-electron chi connectivity index (χ1n) is 7.73. The molecule has 24 heavy (non-hydrogen) atoms. The van der Waals surface area contributed by atoms with E-state index in [9.17, 15) is 19.7 Å². The third-order valence-corrected chi connectivity index (χ3v) is 5.37. The normalized spacial score (nSPS) is 13.4. The van der Waals surface area contributed by atoms with Gasteiger partial charge in [-0.2, -0.15) is 0 Å². The standard InChI is InChI=1S/C16H17N3O4S/c1-9-10-4-2-3-5-12(10)18-15(20)11(9)8-17-16(21)13-6-7-14(24-13)19(22)23/h6-7H,2-5,8H2,1H3,(H,17,21)(H,18,20). The van der Waals surface area contributed by atoms with Crippen molar-refractivity contribution in [3.8, 4) is 0 Å². The molecule has 3 rings (SSSR count). The van der Waals surface area contributed by atoms with E-state index in [0.717, 1.165) is 48.3 Å². The molecule has 0 aromatic carbocycles. The number of aromatic amines is 1. The zero-order valence-corrected chi connectivity index (χ0v) is 14.0. The minimum Gasteiger partial charge on any atom is -0.347 e. The van der Waals surface area contributed by atoms with Crippen molar-refractivity contribution in [3.63, 3.8) is 0 Å². The Balaban J connectivity index is 1.78. The summed E-state index contributed by atoms with van der Waals surface area (Å²) in [5, 5.41) is 13.3. The Morgan fingerprint density at radius 3 is 2.83 bits per heavy atom. The molecule has 0 fully saturated rings. The molecule has 0 saturated heterocycles. The fraction of sp³-hybridized carbons (Fsp3) is 0.375. The first-order chi connectivity index (χ1) is 11.5. The molecule has 1 amide bonds. The van der Waals surface area contributed by atoms with Crippen LogP contribution < -0.4 is 10.9 Å². The van der Waals surface area contributed by atoms with Gasteiger partial charge in [0.2, 0.25) is 0 Å².